The lowest BCUT2D eigenvalue weighted by molar-refractivity contribution is 0.275. The maximum absolute atomic E-state index is 12.7. The summed E-state index contributed by atoms with van der Waals surface area (Å²) in [5.74, 6) is -1.46. The molecule has 0 saturated heterocycles. The van der Waals surface area contributed by atoms with Gasteiger partial charge in [-0.25, -0.2) is 0 Å². The molecule has 0 saturated carbocycles. The summed E-state index contributed by atoms with van der Waals surface area (Å²) in [6.45, 7) is 0.0922. The Morgan fingerprint density at radius 2 is 1.00 bits per heavy atom. The third-order valence-electron chi connectivity index (χ3n) is 5.02. The molecule has 0 aromatic rings. The van der Waals surface area contributed by atoms with Gasteiger partial charge < -0.3 is 13.9 Å². The van der Waals surface area contributed by atoms with Crippen LogP contribution in [0.25, 0.3) is 0 Å². The lowest BCUT2D eigenvalue weighted by Crippen LogP contribution is -2.33. The van der Waals surface area contributed by atoms with Crippen molar-refractivity contribution in [1.29, 1.82) is 0 Å². The monoisotopic (exact) mass is 513 g/mol. The van der Waals surface area contributed by atoms with Gasteiger partial charge in [0.15, 0.2) is 0 Å². The summed E-state index contributed by atoms with van der Waals surface area (Å²) in [5.41, 5.74) is 0. The maximum atomic E-state index is 12.7. The van der Waals surface area contributed by atoms with Crippen molar-refractivity contribution < 1.29 is 38.2 Å². The number of nitrogens with zero attached hydrogens (tertiary/aromatic N) is 1. The minimum atomic E-state index is -4.65. The molecule has 13 heteroatoms. The van der Waals surface area contributed by atoms with Crippen molar-refractivity contribution in [1.82, 2.24) is 4.90 Å². The molecule has 0 amide bonds. The van der Waals surface area contributed by atoms with Gasteiger partial charge in [0.2, 0.25) is 0 Å². The zero-order chi connectivity index (χ0) is 23.8. The zero-order valence-corrected chi connectivity index (χ0v) is 21.2. The van der Waals surface area contributed by atoms with Crippen molar-refractivity contribution in [2.75, 3.05) is 51.5 Å². The van der Waals surface area contributed by atoms with Gasteiger partial charge in [0.1, 0.15) is 0 Å². The van der Waals surface area contributed by atoms with Crippen LogP contribution < -0.4 is 0 Å². The highest BCUT2D eigenvalue weighted by Gasteiger charge is 2.19. The standard InChI is InChI=1S/C18H38F2NO7PS2/c1-27-29(22,28-2)16-12-10-8-6-4-3-5-7-9-11-13-21(14-17-30(19,23)24)15-18-31(20,25)26/h3-18H2,1-2H3. The molecule has 188 valence electrons. The van der Waals surface area contributed by atoms with Crippen molar-refractivity contribution in [3.63, 3.8) is 0 Å². The second kappa shape index (κ2) is 16.5. The van der Waals surface area contributed by atoms with E-state index in [1.165, 1.54) is 19.1 Å². The van der Waals surface area contributed by atoms with Crippen LogP contribution in [0.4, 0.5) is 7.77 Å². The van der Waals surface area contributed by atoms with Gasteiger partial charge in [0.05, 0.1) is 17.7 Å². The molecule has 0 bridgehead atoms. The topological polar surface area (TPSA) is 107 Å². The fraction of sp³-hybridized carbons (Fsp3) is 1.00. The highest BCUT2D eigenvalue weighted by atomic mass is 32.3. The van der Waals surface area contributed by atoms with Gasteiger partial charge in [-0.3, -0.25) is 4.57 Å². The van der Waals surface area contributed by atoms with Crippen molar-refractivity contribution in [3.05, 3.63) is 0 Å². The summed E-state index contributed by atoms with van der Waals surface area (Å²) < 4.78 is 89.7. The summed E-state index contributed by atoms with van der Waals surface area (Å²) >= 11 is 0. The van der Waals surface area contributed by atoms with Crippen LogP contribution in [-0.4, -0.2) is 73.3 Å². The van der Waals surface area contributed by atoms with E-state index in [1.54, 1.807) is 0 Å². The number of hydrogen-bond acceptors (Lipinski definition) is 8. The minimum Gasteiger partial charge on any atom is -0.312 e. The molecule has 0 aromatic carbocycles. The highest BCUT2D eigenvalue weighted by molar-refractivity contribution is 7.86. The fourth-order valence-corrected chi connectivity index (χ4v) is 5.20. The van der Waals surface area contributed by atoms with Gasteiger partial charge in [-0.1, -0.05) is 51.4 Å². The van der Waals surface area contributed by atoms with E-state index >= 15 is 0 Å². The molecule has 31 heavy (non-hydrogen) atoms. The minimum absolute atomic E-state index is 0.154. The van der Waals surface area contributed by atoms with Crippen molar-refractivity contribution in [2.45, 2.75) is 64.2 Å². The van der Waals surface area contributed by atoms with Crippen LogP contribution in [0, 0.1) is 0 Å². The fourth-order valence-electron chi connectivity index (χ4n) is 3.12. The first-order chi connectivity index (χ1) is 14.4. The van der Waals surface area contributed by atoms with Crippen LogP contribution in [0.15, 0.2) is 0 Å². The first kappa shape index (κ1) is 30.9. The molecule has 0 spiro atoms. The predicted octanol–water partition coefficient (Wildman–Crippen LogP) is 4.27. The molecule has 0 N–H and O–H groups in total. The Kier molecular flexibility index (Phi) is 16.4. The van der Waals surface area contributed by atoms with Gasteiger partial charge in [-0.2, -0.15) is 16.8 Å². The molecule has 0 radical (unpaired) electrons. The Labute approximate surface area is 187 Å². The Morgan fingerprint density at radius 1 is 0.645 bits per heavy atom. The average molecular weight is 514 g/mol. The van der Waals surface area contributed by atoms with E-state index in [4.69, 9.17) is 9.05 Å². The summed E-state index contributed by atoms with van der Waals surface area (Å²) in [4.78, 5) is 1.47. The lowest BCUT2D eigenvalue weighted by Gasteiger charge is -2.20. The van der Waals surface area contributed by atoms with Crippen LogP contribution in [-0.2, 0) is 34.1 Å². The molecule has 8 nitrogen and oxygen atoms in total. The number of halogens is 2. The Hall–Kier alpha value is -0.130. The molecule has 0 aliphatic rings. The normalized spacial score (nSPS) is 13.2. The van der Waals surface area contributed by atoms with Gasteiger partial charge in [0.25, 0.3) is 0 Å². The van der Waals surface area contributed by atoms with E-state index in [1.807, 2.05) is 0 Å². The molecular formula is C18H38F2NO7PS2. The van der Waals surface area contributed by atoms with Crippen molar-refractivity contribution in [2.24, 2.45) is 0 Å². The number of hydrogen-bond donors (Lipinski definition) is 0. The zero-order valence-electron chi connectivity index (χ0n) is 18.6. The Balaban J connectivity index is 3.81. The third-order valence-corrected chi connectivity index (χ3v) is 8.33. The molecule has 0 rings (SSSR count). The highest BCUT2D eigenvalue weighted by Crippen LogP contribution is 2.47. The lowest BCUT2D eigenvalue weighted by atomic mass is 10.1. The van der Waals surface area contributed by atoms with E-state index in [0.717, 1.165) is 57.8 Å². The van der Waals surface area contributed by atoms with Crippen molar-refractivity contribution >= 4 is 28.0 Å². The molecular weight excluding hydrogens is 475 g/mol. The average Bonchev–Trinajstić information content (AvgIpc) is 2.68. The van der Waals surface area contributed by atoms with Gasteiger partial charge in [-0.15, -0.1) is 7.77 Å². The quantitative estimate of drug-likeness (QED) is 0.127. The predicted molar refractivity (Wildman–Crippen MR) is 119 cm³/mol. The molecule has 0 aromatic heterocycles. The van der Waals surface area contributed by atoms with Crippen molar-refractivity contribution in [3.8, 4) is 0 Å². The summed E-state index contributed by atoms with van der Waals surface area (Å²) in [6, 6.07) is 0. The Morgan fingerprint density at radius 3 is 1.35 bits per heavy atom. The second-order valence-corrected chi connectivity index (χ2v) is 12.9. The van der Waals surface area contributed by atoms with Crippen LogP contribution in [0.3, 0.4) is 0 Å². The van der Waals surface area contributed by atoms with Crippen LogP contribution in [0.1, 0.15) is 64.2 Å². The second-order valence-electron chi connectivity index (χ2n) is 7.56. The number of unbranched alkanes of at least 4 members (excludes halogenated alkanes) is 9. The molecule has 0 aliphatic heterocycles. The summed E-state index contributed by atoms with van der Waals surface area (Å²) in [5, 5.41) is 0. The largest absolute Gasteiger partial charge is 0.330 e. The Bertz CT molecular complexity index is 676. The first-order valence-electron chi connectivity index (χ1n) is 10.7. The van der Waals surface area contributed by atoms with Crippen LogP contribution in [0.2, 0.25) is 0 Å². The molecule has 0 aliphatic carbocycles. The van der Waals surface area contributed by atoms with E-state index in [0.29, 0.717) is 19.1 Å². The molecule has 0 atom stereocenters. The van der Waals surface area contributed by atoms with Crippen LogP contribution >= 0.6 is 7.60 Å². The number of rotatable bonds is 21. The molecule has 0 fully saturated rings. The SMILES string of the molecule is COP(=O)(CCCCCCCCCCCCN(CCS(=O)(=O)F)CCS(=O)(=O)F)OC. The van der Waals surface area contributed by atoms with Gasteiger partial charge in [0, 0.05) is 27.3 Å². The molecule has 0 unspecified atom stereocenters. The van der Waals surface area contributed by atoms with E-state index < -0.39 is 39.5 Å². The maximum Gasteiger partial charge on any atom is 0.330 e. The summed E-state index contributed by atoms with van der Waals surface area (Å²) in [7, 11) is -9.40. The smallest absolute Gasteiger partial charge is 0.312 e. The molecule has 0 heterocycles. The first-order valence-corrected chi connectivity index (χ1v) is 15.5. The van der Waals surface area contributed by atoms with Crippen LogP contribution in [0.5, 0.6) is 0 Å². The summed E-state index contributed by atoms with van der Waals surface area (Å²) in [6.07, 6.45) is 10.2. The third kappa shape index (κ3) is 20.2. The van der Waals surface area contributed by atoms with Gasteiger partial charge >= 0.3 is 28.0 Å². The van der Waals surface area contributed by atoms with E-state index in [2.05, 4.69) is 0 Å². The van der Waals surface area contributed by atoms with E-state index in [-0.39, 0.29) is 13.1 Å². The van der Waals surface area contributed by atoms with E-state index in [9.17, 15) is 29.2 Å². The van der Waals surface area contributed by atoms with Gasteiger partial charge in [-0.05, 0) is 19.4 Å².